The van der Waals surface area contributed by atoms with E-state index in [1.165, 1.54) is 122 Å². The highest BCUT2D eigenvalue weighted by Gasteiger charge is 2.08. The van der Waals surface area contributed by atoms with E-state index in [2.05, 4.69) is 6.92 Å². The second-order valence-electron chi connectivity index (χ2n) is 9.49. The van der Waals surface area contributed by atoms with Crippen LogP contribution in [0, 0.1) is 0 Å². The van der Waals surface area contributed by atoms with Crippen LogP contribution in [0.25, 0.3) is 0 Å². The lowest BCUT2D eigenvalue weighted by Gasteiger charge is -2.04. The molecule has 0 aliphatic heterocycles. The van der Waals surface area contributed by atoms with Crippen molar-refractivity contribution in [1.29, 1.82) is 0 Å². The minimum Gasteiger partial charge on any atom is -0.478 e. The summed E-state index contributed by atoms with van der Waals surface area (Å²) in [6.45, 7) is 2.28. The van der Waals surface area contributed by atoms with Crippen LogP contribution in [-0.2, 0) is 9.59 Å². The second kappa shape index (κ2) is 24.3. The SMILES string of the molecule is CCCCCCCCCCCCCCCCCCCCCCCC/C(=C/C(=O)O)C(=O)O. The van der Waals surface area contributed by atoms with Crippen LogP contribution >= 0.6 is 0 Å². The summed E-state index contributed by atoms with van der Waals surface area (Å²) >= 11 is 0. The van der Waals surface area contributed by atoms with Gasteiger partial charge in [0.2, 0.25) is 0 Å². The summed E-state index contributed by atoms with van der Waals surface area (Å²) in [6.07, 6.45) is 30.3. The van der Waals surface area contributed by atoms with E-state index in [1.54, 1.807) is 0 Å². The lowest BCUT2D eigenvalue weighted by atomic mass is 10.0. The van der Waals surface area contributed by atoms with Gasteiger partial charge in [0.25, 0.3) is 0 Å². The van der Waals surface area contributed by atoms with Crippen molar-refractivity contribution in [2.24, 2.45) is 0 Å². The van der Waals surface area contributed by atoms with Gasteiger partial charge in [0.05, 0.1) is 0 Å². The van der Waals surface area contributed by atoms with Crippen molar-refractivity contribution in [3.63, 3.8) is 0 Å². The second-order valence-corrected chi connectivity index (χ2v) is 9.49. The number of carbonyl (C=O) groups is 2. The Hall–Kier alpha value is -1.32. The first-order valence-corrected chi connectivity index (χ1v) is 13.7. The van der Waals surface area contributed by atoms with Gasteiger partial charge in [0.1, 0.15) is 0 Å². The highest BCUT2D eigenvalue weighted by Crippen LogP contribution is 2.16. The molecular weight excluding hydrogens is 400 g/mol. The summed E-state index contributed by atoms with van der Waals surface area (Å²) in [5, 5.41) is 17.6. The number of carboxylic acid groups (broad SMARTS) is 2. The van der Waals surface area contributed by atoms with E-state index in [-0.39, 0.29) is 5.57 Å². The zero-order chi connectivity index (χ0) is 23.7. The molecular formula is C28H52O4. The van der Waals surface area contributed by atoms with Crippen LogP contribution < -0.4 is 0 Å². The van der Waals surface area contributed by atoms with Gasteiger partial charge < -0.3 is 10.2 Å². The molecule has 0 saturated heterocycles. The van der Waals surface area contributed by atoms with Crippen LogP contribution in [0.1, 0.15) is 155 Å². The van der Waals surface area contributed by atoms with E-state index < -0.39 is 11.9 Å². The molecule has 0 radical (unpaired) electrons. The Balaban J connectivity index is 3.22. The smallest absolute Gasteiger partial charge is 0.331 e. The third-order valence-corrected chi connectivity index (χ3v) is 6.37. The molecule has 0 aromatic heterocycles. The molecule has 32 heavy (non-hydrogen) atoms. The van der Waals surface area contributed by atoms with Crippen LogP contribution in [0.5, 0.6) is 0 Å². The quantitative estimate of drug-likeness (QED) is 0.107. The van der Waals surface area contributed by atoms with E-state index >= 15 is 0 Å². The van der Waals surface area contributed by atoms with Crippen molar-refractivity contribution in [2.75, 3.05) is 0 Å². The molecule has 0 unspecified atom stereocenters. The monoisotopic (exact) mass is 452 g/mol. The first-order valence-electron chi connectivity index (χ1n) is 13.7. The molecule has 0 rings (SSSR count). The Labute approximate surface area is 198 Å². The first kappa shape index (κ1) is 30.7. The normalized spacial score (nSPS) is 11.7. The lowest BCUT2D eigenvalue weighted by Crippen LogP contribution is -2.04. The fourth-order valence-corrected chi connectivity index (χ4v) is 4.31. The highest BCUT2D eigenvalue weighted by molar-refractivity contribution is 5.94. The van der Waals surface area contributed by atoms with Gasteiger partial charge in [0.15, 0.2) is 0 Å². The third kappa shape index (κ3) is 23.3. The molecule has 0 saturated carbocycles. The number of unbranched alkanes of at least 4 members (excludes halogenated alkanes) is 21. The van der Waals surface area contributed by atoms with Gasteiger partial charge in [0, 0.05) is 11.6 Å². The summed E-state index contributed by atoms with van der Waals surface area (Å²) in [5.41, 5.74) is 0.00525. The molecule has 0 aliphatic rings. The van der Waals surface area contributed by atoms with Gasteiger partial charge in [-0.15, -0.1) is 0 Å². The topological polar surface area (TPSA) is 74.6 Å². The maximum absolute atomic E-state index is 11.0. The van der Waals surface area contributed by atoms with Crippen molar-refractivity contribution in [3.05, 3.63) is 11.6 Å². The highest BCUT2D eigenvalue weighted by atomic mass is 16.4. The molecule has 4 heteroatoms. The lowest BCUT2D eigenvalue weighted by molar-refractivity contribution is -0.135. The minimum atomic E-state index is -1.18. The van der Waals surface area contributed by atoms with Gasteiger partial charge >= 0.3 is 11.9 Å². The molecule has 0 spiro atoms. The molecule has 0 fully saturated rings. The molecule has 0 aromatic rings. The van der Waals surface area contributed by atoms with E-state index in [9.17, 15) is 9.59 Å². The molecule has 2 N–H and O–H groups in total. The Morgan fingerprint density at radius 2 is 0.781 bits per heavy atom. The summed E-state index contributed by atoms with van der Waals surface area (Å²) in [6, 6.07) is 0. The van der Waals surface area contributed by atoms with Gasteiger partial charge in [-0.3, -0.25) is 0 Å². The molecule has 0 amide bonds. The summed E-state index contributed by atoms with van der Waals surface area (Å²) in [4.78, 5) is 21.5. The fraction of sp³-hybridized carbons (Fsp3) is 0.857. The van der Waals surface area contributed by atoms with Crippen LogP contribution in [-0.4, -0.2) is 22.2 Å². The summed E-state index contributed by atoms with van der Waals surface area (Å²) in [7, 11) is 0. The molecule has 188 valence electrons. The van der Waals surface area contributed by atoms with E-state index in [0.29, 0.717) is 6.42 Å². The molecule has 4 nitrogen and oxygen atoms in total. The van der Waals surface area contributed by atoms with Crippen molar-refractivity contribution < 1.29 is 19.8 Å². The summed E-state index contributed by atoms with van der Waals surface area (Å²) in [5.74, 6) is -2.29. The average molecular weight is 453 g/mol. The predicted octanol–water partition coefficient (Wildman–Crippen LogP) is 9.07. The van der Waals surface area contributed by atoms with Gasteiger partial charge in [-0.25, -0.2) is 9.59 Å². The van der Waals surface area contributed by atoms with Crippen molar-refractivity contribution in [1.82, 2.24) is 0 Å². The van der Waals surface area contributed by atoms with Crippen molar-refractivity contribution in [2.45, 2.75) is 155 Å². The zero-order valence-corrected chi connectivity index (χ0v) is 21.1. The maximum atomic E-state index is 11.0. The Bertz CT molecular complexity index is 470. The predicted molar refractivity (Wildman–Crippen MR) is 135 cm³/mol. The van der Waals surface area contributed by atoms with Gasteiger partial charge in [-0.1, -0.05) is 142 Å². The molecule has 0 bridgehead atoms. The van der Waals surface area contributed by atoms with Gasteiger partial charge in [-0.05, 0) is 12.8 Å². The van der Waals surface area contributed by atoms with Crippen LogP contribution in [0.4, 0.5) is 0 Å². The number of aliphatic carboxylic acids is 2. The Morgan fingerprint density at radius 3 is 1.03 bits per heavy atom. The average Bonchev–Trinajstić information content (AvgIpc) is 2.76. The van der Waals surface area contributed by atoms with E-state index in [0.717, 1.165) is 25.3 Å². The summed E-state index contributed by atoms with van der Waals surface area (Å²) < 4.78 is 0. The number of hydrogen-bond acceptors (Lipinski definition) is 2. The molecule has 0 heterocycles. The van der Waals surface area contributed by atoms with Crippen LogP contribution in [0.15, 0.2) is 11.6 Å². The number of hydrogen-bond donors (Lipinski definition) is 2. The zero-order valence-electron chi connectivity index (χ0n) is 21.1. The van der Waals surface area contributed by atoms with Gasteiger partial charge in [-0.2, -0.15) is 0 Å². The van der Waals surface area contributed by atoms with Crippen LogP contribution in [0.3, 0.4) is 0 Å². The fourth-order valence-electron chi connectivity index (χ4n) is 4.31. The molecule has 0 aliphatic carbocycles. The maximum Gasteiger partial charge on any atom is 0.331 e. The third-order valence-electron chi connectivity index (χ3n) is 6.37. The van der Waals surface area contributed by atoms with Crippen LogP contribution in [0.2, 0.25) is 0 Å². The Morgan fingerprint density at radius 1 is 0.500 bits per heavy atom. The largest absolute Gasteiger partial charge is 0.478 e. The van der Waals surface area contributed by atoms with Crippen molar-refractivity contribution >= 4 is 11.9 Å². The van der Waals surface area contributed by atoms with E-state index in [4.69, 9.17) is 10.2 Å². The first-order chi connectivity index (χ1) is 15.6. The van der Waals surface area contributed by atoms with Crippen molar-refractivity contribution in [3.8, 4) is 0 Å². The Kier molecular flexibility index (Phi) is 23.3. The standard InChI is InChI=1S/C28H52O4/c1-2-3-4-5-6-7-8-9-10-11-12-13-14-15-16-17-18-19-20-21-22-23-24-26(28(31)32)25-27(29)30/h25H,2-24H2,1H3,(H,29,30)(H,31,32)/b26-25-. The molecule has 0 atom stereocenters. The number of carboxylic acids is 2. The number of rotatable bonds is 25. The van der Waals surface area contributed by atoms with E-state index in [1.807, 2.05) is 0 Å². The minimum absolute atomic E-state index is 0.00525. The molecule has 0 aromatic carbocycles.